The van der Waals surface area contributed by atoms with Crippen molar-refractivity contribution in [2.45, 2.75) is 18.7 Å². The van der Waals surface area contributed by atoms with Gasteiger partial charge in [0.2, 0.25) is 0 Å². The molecule has 1 unspecified atom stereocenters. The van der Waals surface area contributed by atoms with Crippen LogP contribution in [0.25, 0.3) is 11.2 Å². The van der Waals surface area contributed by atoms with Gasteiger partial charge in [-0.25, -0.2) is 15.0 Å². The van der Waals surface area contributed by atoms with Crippen molar-refractivity contribution in [2.24, 2.45) is 0 Å². The molecule has 4 aromatic rings. The van der Waals surface area contributed by atoms with E-state index in [1.165, 1.54) is 11.1 Å². The van der Waals surface area contributed by atoms with Crippen molar-refractivity contribution in [1.29, 1.82) is 0 Å². The normalized spacial score (nSPS) is 15.9. The maximum atomic E-state index is 9.82. The van der Waals surface area contributed by atoms with E-state index in [0.717, 1.165) is 37.5 Å². The molecule has 1 atom stereocenters. The molecule has 33 heavy (non-hydrogen) atoms. The first kappa shape index (κ1) is 21.5. The van der Waals surface area contributed by atoms with Crippen LogP contribution in [-0.4, -0.2) is 73.5 Å². The number of fused-ring (bicyclic) bond motifs is 1. The summed E-state index contributed by atoms with van der Waals surface area (Å²) < 4.78 is 1.76. The zero-order valence-corrected chi connectivity index (χ0v) is 18.4. The Bertz CT molecular complexity index is 1140. The van der Waals surface area contributed by atoms with Gasteiger partial charge in [0.1, 0.15) is 6.33 Å². The van der Waals surface area contributed by atoms with E-state index in [1.54, 1.807) is 17.2 Å². The van der Waals surface area contributed by atoms with E-state index in [-0.39, 0.29) is 19.2 Å². The minimum Gasteiger partial charge on any atom is -0.394 e. The SMILES string of the molecule is OCC(O)Cn1cnc2c(N3CCN(C(c4ccccc4)c4ccccc4)CC3)ncnc21. The van der Waals surface area contributed by atoms with Crippen LogP contribution in [0.4, 0.5) is 5.82 Å². The second-order valence-corrected chi connectivity index (χ2v) is 8.35. The number of anilines is 1. The van der Waals surface area contributed by atoms with E-state index in [1.807, 2.05) is 0 Å². The molecule has 8 nitrogen and oxygen atoms in total. The number of hydrogen-bond acceptors (Lipinski definition) is 7. The fraction of sp³-hybridized carbons (Fsp3) is 0.320. The molecule has 0 spiro atoms. The molecule has 0 amide bonds. The number of aromatic nitrogens is 4. The van der Waals surface area contributed by atoms with Crippen LogP contribution in [0.15, 0.2) is 73.3 Å². The summed E-state index contributed by atoms with van der Waals surface area (Å²) in [6.45, 7) is 3.38. The first-order valence-electron chi connectivity index (χ1n) is 11.3. The maximum Gasteiger partial charge on any atom is 0.165 e. The van der Waals surface area contributed by atoms with Crippen LogP contribution in [0.5, 0.6) is 0 Å². The summed E-state index contributed by atoms with van der Waals surface area (Å²) in [4.78, 5) is 18.2. The topological polar surface area (TPSA) is 90.5 Å². The quantitative estimate of drug-likeness (QED) is 0.451. The van der Waals surface area contributed by atoms with Gasteiger partial charge in [0.25, 0.3) is 0 Å². The molecule has 1 fully saturated rings. The molecule has 2 N–H and O–H groups in total. The standard InChI is InChI=1S/C25H28N6O2/c32-16-21(33)15-31-18-28-22-24(26-17-27-25(22)31)30-13-11-29(12-14-30)23(19-7-3-1-4-8-19)20-9-5-2-6-10-20/h1-10,17-18,21,23,32-33H,11-16H2. The molecule has 0 bridgehead atoms. The fourth-order valence-corrected chi connectivity index (χ4v) is 4.59. The lowest BCUT2D eigenvalue weighted by Crippen LogP contribution is -2.48. The molecule has 5 rings (SSSR count). The van der Waals surface area contributed by atoms with Crippen molar-refractivity contribution < 1.29 is 10.2 Å². The van der Waals surface area contributed by atoms with Gasteiger partial charge in [-0.15, -0.1) is 0 Å². The van der Waals surface area contributed by atoms with Crippen LogP contribution in [0, 0.1) is 0 Å². The lowest BCUT2D eigenvalue weighted by atomic mass is 9.96. The van der Waals surface area contributed by atoms with Crippen LogP contribution < -0.4 is 4.90 Å². The van der Waals surface area contributed by atoms with Crippen LogP contribution in [0.2, 0.25) is 0 Å². The summed E-state index contributed by atoms with van der Waals surface area (Å²) in [6, 6.07) is 21.5. The smallest absolute Gasteiger partial charge is 0.165 e. The summed E-state index contributed by atoms with van der Waals surface area (Å²) in [5.41, 5.74) is 3.98. The zero-order valence-electron chi connectivity index (χ0n) is 18.4. The van der Waals surface area contributed by atoms with Gasteiger partial charge in [-0.2, -0.15) is 0 Å². The van der Waals surface area contributed by atoms with Crippen LogP contribution in [0.3, 0.4) is 0 Å². The lowest BCUT2D eigenvalue weighted by Gasteiger charge is -2.40. The molecule has 8 heteroatoms. The number of hydrogen-bond donors (Lipinski definition) is 2. The second kappa shape index (κ2) is 9.66. The van der Waals surface area contributed by atoms with E-state index >= 15 is 0 Å². The number of benzene rings is 2. The van der Waals surface area contributed by atoms with Gasteiger partial charge in [-0.05, 0) is 11.1 Å². The Labute approximate surface area is 192 Å². The molecular formula is C25H28N6O2. The predicted molar refractivity (Wildman–Crippen MR) is 127 cm³/mol. The number of aliphatic hydroxyl groups is 2. The molecule has 1 saturated heterocycles. The largest absolute Gasteiger partial charge is 0.394 e. The van der Waals surface area contributed by atoms with E-state index in [9.17, 15) is 5.11 Å². The Hall–Kier alpha value is -3.33. The highest BCUT2D eigenvalue weighted by Gasteiger charge is 2.28. The molecule has 1 aliphatic rings. The average Bonchev–Trinajstić information content (AvgIpc) is 3.29. The molecular weight excluding hydrogens is 416 g/mol. The summed E-state index contributed by atoms with van der Waals surface area (Å²) in [5, 5.41) is 19.0. The van der Waals surface area contributed by atoms with Gasteiger partial charge in [0.15, 0.2) is 17.0 Å². The molecule has 2 aromatic carbocycles. The number of piperazine rings is 1. The highest BCUT2D eigenvalue weighted by atomic mass is 16.3. The van der Waals surface area contributed by atoms with Crippen LogP contribution >= 0.6 is 0 Å². The van der Waals surface area contributed by atoms with Gasteiger partial charge in [-0.1, -0.05) is 60.7 Å². The summed E-state index contributed by atoms with van der Waals surface area (Å²) >= 11 is 0. The Morgan fingerprint density at radius 1 is 0.818 bits per heavy atom. The lowest BCUT2D eigenvalue weighted by molar-refractivity contribution is 0.0820. The number of nitrogens with zero attached hydrogens (tertiary/aromatic N) is 6. The van der Waals surface area contributed by atoms with Gasteiger partial charge in [0, 0.05) is 26.2 Å². The number of rotatable bonds is 7. The Morgan fingerprint density at radius 2 is 1.45 bits per heavy atom. The minimum absolute atomic E-state index is 0.208. The van der Waals surface area contributed by atoms with Gasteiger partial charge < -0.3 is 19.7 Å². The van der Waals surface area contributed by atoms with Gasteiger partial charge in [-0.3, -0.25) is 4.90 Å². The third-order valence-corrected chi connectivity index (χ3v) is 6.21. The predicted octanol–water partition coefficient (Wildman–Crippen LogP) is 2.09. The van der Waals surface area contributed by atoms with Gasteiger partial charge in [0.05, 0.1) is 31.6 Å². The van der Waals surface area contributed by atoms with Crippen molar-refractivity contribution >= 4 is 17.0 Å². The Kier molecular flexibility index (Phi) is 6.30. The van der Waals surface area contributed by atoms with Crippen LogP contribution in [0.1, 0.15) is 17.2 Å². The maximum absolute atomic E-state index is 9.82. The molecule has 3 heterocycles. The fourth-order valence-electron chi connectivity index (χ4n) is 4.59. The summed E-state index contributed by atoms with van der Waals surface area (Å²) in [6.07, 6.45) is 2.35. The highest BCUT2D eigenvalue weighted by molar-refractivity contribution is 5.83. The van der Waals surface area contributed by atoms with E-state index in [4.69, 9.17) is 5.11 Å². The Morgan fingerprint density at radius 3 is 2.06 bits per heavy atom. The van der Waals surface area contributed by atoms with E-state index in [2.05, 4.69) is 85.4 Å². The third-order valence-electron chi connectivity index (χ3n) is 6.21. The summed E-state index contributed by atoms with van der Waals surface area (Å²) in [5.74, 6) is 0.813. The average molecular weight is 445 g/mol. The second-order valence-electron chi connectivity index (χ2n) is 8.35. The minimum atomic E-state index is -0.850. The van der Waals surface area contributed by atoms with Gasteiger partial charge >= 0.3 is 0 Å². The molecule has 2 aromatic heterocycles. The third kappa shape index (κ3) is 4.45. The monoisotopic (exact) mass is 444 g/mol. The Balaban J connectivity index is 1.37. The number of imidazole rings is 1. The molecule has 0 radical (unpaired) electrons. The van der Waals surface area contributed by atoms with E-state index < -0.39 is 6.10 Å². The first-order chi connectivity index (χ1) is 16.2. The number of aliphatic hydroxyl groups excluding tert-OH is 2. The zero-order chi connectivity index (χ0) is 22.6. The van der Waals surface area contributed by atoms with Crippen molar-refractivity contribution in [3.05, 3.63) is 84.4 Å². The molecule has 1 aliphatic heterocycles. The van der Waals surface area contributed by atoms with E-state index in [0.29, 0.717) is 5.65 Å². The first-order valence-corrected chi connectivity index (χ1v) is 11.3. The molecule has 170 valence electrons. The van der Waals surface area contributed by atoms with Crippen molar-refractivity contribution in [3.8, 4) is 0 Å². The summed E-state index contributed by atoms with van der Waals surface area (Å²) in [7, 11) is 0. The van der Waals surface area contributed by atoms with Crippen molar-refractivity contribution in [2.75, 3.05) is 37.7 Å². The van der Waals surface area contributed by atoms with Crippen LogP contribution in [-0.2, 0) is 6.54 Å². The highest BCUT2D eigenvalue weighted by Crippen LogP contribution is 2.31. The van der Waals surface area contributed by atoms with Crippen molar-refractivity contribution in [3.63, 3.8) is 0 Å². The molecule has 0 aliphatic carbocycles. The molecule has 0 saturated carbocycles. The van der Waals surface area contributed by atoms with Crippen molar-refractivity contribution in [1.82, 2.24) is 24.4 Å².